The fourth-order valence-electron chi connectivity index (χ4n) is 3.82. The van der Waals surface area contributed by atoms with Crippen LogP contribution in [0.5, 0.6) is 0 Å². The molecule has 0 saturated heterocycles. The summed E-state index contributed by atoms with van der Waals surface area (Å²) in [7, 11) is 0. The maximum Gasteiger partial charge on any atom is 0.331 e. The number of nitrogens with zero attached hydrogens (tertiary/aromatic N) is 2. The minimum absolute atomic E-state index is 0.0196. The van der Waals surface area contributed by atoms with Gasteiger partial charge in [-0.2, -0.15) is 0 Å². The number of para-hydroxylation sites is 2. The topological polar surface area (TPSA) is 73.1 Å². The summed E-state index contributed by atoms with van der Waals surface area (Å²) in [5.74, 6) is -0.528. The largest absolute Gasteiger partial charge is 0.331 e. The average Bonchev–Trinajstić information content (AvgIpc) is 2.83. The van der Waals surface area contributed by atoms with E-state index in [-0.39, 0.29) is 31.0 Å². The number of hydrogen-bond donors (Lipinski definition) is 1. The molecule has 1 N–H and O–H groups in total. The molecule has 168 valence electrons. The van der Waals surface area contributed by atoms with E-state index in [0.29, 0.717) is 29.3 Å². The van der Waals surface area contributed by atoms with Crippen molar-refractivity contribution in [2.24, 2.45) is 0 Å². The number of hydrogen-bond acceptors (Lipinski definition) is 3. The van der Waals surface area contributed by atoms with Crippen LogP contribution in [0.25, 0.3) is 10.9 Å². The Morgan fingerprint density at radius 3 is 2.30 bits per heavy atom. The second-order valence-electron chi connectivity index (χ2n) is 7.81. The fraction of sp³-hybridized carbons (Fsp3) is 0.192. The van der Waals surface area contributed by atoms with E-state index in [1.807, 2.05) is 30.3 Å². The Labute approximate surface area is 189 Å². The molecule has 33 heavy (non-hydrogen) atoms. The molecule has 0 aliphatic rings. The van der Waals surface area contributed by atoms with Gasteiger partial charge in [0.05, 0.1) is 17.4 Å². The first-order chi connectivity index (χ1) is 16.0. The van der Waals surface area contributed by atoms with Gasteiger partial charge >= 0.3 is 5.69 Å². The zero-order valence-corrected chi connectivity index (χ0v) is 18.0. The molecular formula is C26H24FN3O3. The molecular weight excluding hydrogens is 421 g/mol. The highest BCUT2D eigenvalue weighted by atomic mass is 19.1. The lowest BCUT2D eigenvalue weighted by atomic mass is 10.2. The molecule has 1 amide bonds. The lowest BCUT2D eigenvalue weighted by molar-refractivity contribution is -0.116. The Morgan fingerprint density at radius 2 is 1.52 bits per heavy atom. The van der Waals surface area contributed by atoms with Gasteiger partial charge in [0.1, 0.15) is 5.82 Å². The number of fused-ring (bicyclic) bond motifs is 1. The van der Waals surface area contributed by atoms with Crippen molar-refractivity contribution >= 4 is 22.5 Å². The molecule has 6 nitrogen and oxygen atoms in total. The zero-order valence-electron chi connectivity index (χ0n) is 18.0. The van der Waals surface area contributed by atoms with E-state index < -0.39 is 11.5 Å². The van der Waals surface area contributed by atoms with Crippen LogP contribution < -0.4 is 16.6 Å². The first kappa shape index (κ1) is 22.2. The van der Waals surface area contributed by atoms with Gasteiger partial charge in [-0.3, -0.25) is 18.7 Å². The number of unbranched alkanes of at least 4 members (excludes halogenated alkanes) is 1. The van der Waals surface area contributed by atoms with Crippen molar-refractivity contribution in [1.29, 1.82) is 0 Å². The number of benzene rings is 3. The molecule has 0 fully saturated rings. The number of halogens is 1. The van der Waals surface area contributed by atoms with Crippen LogP contribution in [0.4, 0.5) is 10.1 Å². The van der Waals surface area contributed by atoms with E-state index in [4.69, 9.17) is 0 Å². The maximum atomic E-state index is 14.2. The summed E-state index contributed by atoms with van der Waals surface area (Å²) in [4.78, 5) is 38.3. The lowest BCUT2D eigenvalue weighted by Gasteiger charge is -2.14. The van der Waals surface area contributed by atoms with E-state index in [0.717, 1.165) is 5.69 Å². The molecule has 1 heterocycles. The first-order valence-electron chi connectivity index (χ1n) is 10.9. The number of amides is 1. The molecule has 0 atom stereocenters. The second-order valence-corrected chi connectivity index (χ2v) is 7.81. The van der Waals surface area contributed by atoms with Crippen molar-refractivity contribution in [3.63, 3.8) is 0 Å². The molecule has 7 heteroatoms. The smallest absolute Gasteiger partial charge is 0.326 e. The predicted molar refractivity (Wildman–Crippen MR) is 127 cm³/mol. The number of carbonyl (C=O) groups excluding carboxylic acids is 1. The number of aromatic nitrogens is 2. The summed E-state index contributed by atoms with van der Waals surface area (Å²) in [6.45, 7) is 0.199. The van der Waals surface area contributed by atoms with Gasteiger partial charge in [-0.15, -0.1) is 0 Å². The van der Waals surface area contributed by atoms with Crippen molar-refractivity contribution in [3.8, 4) is 0 Å². The minimum Gasteiger partial charge on any atom is -0.326 e. The van der Waals surface area contributed by atoms with Gasteiger partial charge in [-0.1, -0.05) is 48.5 Å². The molecule has 4 aromatic rings. The zero-order chi connectivity index (χ0) is 23.2. The summed E-state index contributed by atoms with van der Waals surface area (Å²) in [5.41, 5.74) is 0.691. The van der Waals surface area contributed by atoms with Crippen molar-refractivity contribution in [3.05, 3.63) is 111 Å². The Balaban J connectivity index is 1.53. The van der Waals surface area contributed by atoms with Crippen LogP contribution in [0.2, 0.25) is 0 Å². The Morgan fingerprint density at radius 1 is 0.818 bits per heavy atom. The molecule has 0 radical (unpaired) electrons. The van der Waals surface area contributed by atoms with Crippen LogP contribution >= 0.6 is 0 Å². The van der Waals surface area contributed by atoms with E-state index in [9.17, 15) is 18.8 Å². The number of carbonyl (C=O) groups is 1. The van der Waals surface area contributed by atoms with Crippen LogP contribution in [0, 0.1) is 5.82 Å². The Bertz CT molecular complexity index is 1390. The average molecular weight is 445 g/mol. The molecule has 0 saturated carbocycles. The molecule has 0 bridgehead atoms. The van der Waals surface area contributed by atoms with E-state index >= 15 is 0 Å². The Hall–Kier alpha value is -4.00. The van der Waals surface area contributed by atoms with E-state index in [1.165, 1.54) is 15.2 Å². The second kappa shape index (κ2) is 10.1. The highest BCUT2D eigenvalue weighted by molar-refractivity contribution is 5.90. The number of nitrogens with one attached hydrogen (secondary N) is 1. The minimum atomic E-state index is -0.490. The van der Waals surface area contributed by atoms with Crippen molar-refractivity contribution in [1.82, 2.24) is 9.13 Å². The van der Waals surface area contributed by atoms with Gasteiger partial charge in [0.2, 0.25) is 5.91 Å². The SMILES string of the molecule is O=C(CCCCn1c(=O)c2ccccc2n(Cc2ccccc2F)c1=O)Nc1ccccc1. The molecule has 0 aliphatic heterocycles. The van der Waals surface area contributed by atoms with Crippen molar-refractivity contribution < 1.29 is 9.18 Å². The fourth-order valence-corrected chi connectivity index (χ4v) is 3.82. The summed E-state index contributed by atoms with van der Waals surface area (Å²) in [5, 5.41) is 3.22. The van der Waals surface area contributed by atoms with Gasteiger partial charge in [0.25, 0.3) is 5.56 Å². The quantitative estimate of drug-likeness (QED) is 0.414. The van der Waals surface area contributed by atoms with Crippen LogP contribution in [-0.2, 0) is 17.9 Å². The van der Waals surface area contributed by atoms with Crippen LogP contribution in [0.1, 0.15) is 24.8 Å². The summed E-state index contributed by atoms with van der Waals surface area (Å²) >= 11 is 0. The van der Waals surface area contributed by atoms with Crippen molar-refractivity contribution in [2.75, 3.05) is 5.32 Å². The van der Waals surface area contributed by atoms with Crippen LogP contribution in [0.15, 0.2) is 88.5 Å². The lowest BCUT2D eigenvalue weighted by Crippen LogP contribution is -2.40. The van der Waals surface area contributed by atoms with E-state index in [1.54, 1.807) is 42.5 Å². The standard InChI is InChI=1S/C26H24FN3O3/c27-22-14-6-4-10-19(22)18-30-23-15-7-5-13-21(23)25(32)29(26(30)33)17-9-8-16-24(31)28-20-11-2-1-3-12-20/h1-7,10-15H,8-9,16-18H2,(H,28,31). The number of rotatable bonds is 8. The van der Waals surface area contributed by atoms with Gasteiger partial charge in [0.15, 0.2) is 0 Å². The predicted octanol–water partition coefficient (Wildman–Crippen LogP) is 4.16. The third-order valence-corrected chi connectivity index (χ3v) is 5.51. The highest BCUT2D eigenvalue weighted by Gasteiger charge is 2.14. The summed E-state index contributed by atoms with van der Waals surface area (Å²) < 4.78 is 16.9. The van der Waals surface area contributed by atoms with Gasteiger partial charge in [-0.05, 0) is 43.2 Å². The molecule has 0 unspecified atom stereocenters. The molecule has 1 aromatic heterocycles. The monoisotopic (exact) mass is 445 g/mol. The third-order valence-electron chi connectivity index (χ3n) is 5.51. The van der Waals surface area contributed by atoms with Gasteiger partial charge in [0, 0.05) is 24.2 Å². The highest BCUT2D eigenvalue weighted by Crippen LogP contribution is 2.13. The molecule has 0 aliphatic carbocycles. The summed E-state index contributed by atoms with van der Waals surface area (Å²) in [6.07, 6.45) is 1.28. The normalized spacial score (nSPS) is 10.9. The van der Waals surface area contributed by atoms with Crippen molar-refractivity contribution in [2.45, 2.75) is 32.4 Å². The number of anilines is 1. The first-order valence-corrected chi connectivity index (χ1v) is 10.9. The summed E-state index contributed by atoms with van der Waals surface area (Å²) in [6, 6.07) is 22.3. The molecule has 4 rings (SSSR count). The van der Waals surface area contributed by atoms with Gasteiger partial charge in [-0.25, -0.2) is 9.18 Å². The third kappa shape index (κ3) is 5.09. The van der Waals surface area contributed by atoms with Gasteiger partial charge < -0.3 is 5.32 Å². The molecule has 3 aromatic carbocycles. The Kier molecular flexibility index (Phi) is 6.78. The van der Waals surface area contributed by atoms with Crippen LogP contribution in [-0.4, -0.2) is 15.0 Å². The maximum absolute atomic E-state index is 14.2. The molecule has 0 spiro atoms. The van der Waals surface area contributed by atoms with E-state index in [2.05, 4.69) is 5.32 Å². The van der Waals surface area contributed by atoms with Crippen LogP contribution in [0.3, 0.4) is 0 Å².